The van der Waals surface area contributed by atoms with E-state index in [-0.39, 0.29) is 18.9 Å². The molecule has 0 aromatic carbocycles. The van der Waals surface area contributed by atoms with Gasteiger partial charge in [-0.3, -0.25) is 4.79 Å². The van der Waals surface area contributed by atoms with Crippen molar-refractivity contribution in [3.8, 4) is 0 Å². The summed E-state index contributed by atoms with van der Waals surface area (Å²) in [5.74, 6) is -0.268. The molecule has 0 aromatic heterocycles. The van der Waals surface area contributed by atoms with Crippen molar-refractivity contribution < 1.29 is 64.6 Å². The van der Waals surface area contributed by atoms with Gasteiger partial charge >= 0.3 is 0 Å². The highest BCUT2D eigenvalue weighted by Gasteiger charge is 2.50. The van der Waals surface area contributed by atoms with Gasteiger partial charge in [0.25, 0.3) is 0 Å². The number of carbonyl (C=O) groups is 1. The number of aliphatic hydroxyl groups excluding tert-OH is 8. The van der Waals surface area contributed by atoms with Crippen LogP contribution in [0.25, 0.3) is 0 Å². The first-order valence-corrected chi connectivity index (χ1v) is 23.8. The molecule has 366 valence electrons. The summed E-state index contributed by atoms with van der Waals surface area (Å²) in [6, 6.07) is -0.924. The lowest BCUT2D eigenvalue weighted by molar-refractivity contribution is -0.359. The standard InChI is InChI=1S/C50H83NO13/c1-3-5-7-9-10-11-12-13-14-15-16-17-18-19-20-21-22-23-24-25-26-27-28-30-32-34-42(55)51-38(39(54)33-31-29-8-6-4-2)37-61-49-47(60)45(58)48(41(36-53)63-49)64-50-46(59)44(57)43(56)40(35-52)62-50/h5,7,10-11,13-14,16-17,19-20,22-23,31,33,38-41,43-50,52-54,56-60H,3-4,6,8-9,12,15,18,21,24-30,32,34-37H2,1-2H3,(H,51,55)/b7-5-,11-10-,14-13-,17-16-,20-19-,23-22-,33-31+. The van der Waals surface area contributed by atoms with Crippen LogP contribution in [-0.2, 0) is 23.7 Å². The zero-order valence-electron chi connectivity index (χ0n) is 38.5. The third-order valence-electron chi connectivity index (χ3n) is 11.1. The molecule has 14 heteroatoms. The number of hydrogen-bond acceptors (Lipinski definition) is 13. The second-order valence-electron chi connectivity index (χ2n) is 16.5. The lowest BCUT2D eigenvalue weighted by atomic mass is 9.97. The smallest absolute Gasteiger partial charge is 0.220 e. The van der Waals surface area contributed by atoms with E-state index in [1.54, 1.807) is 6.08 Å². The largest absolute Gasteiger partial charge is 0.394 e. The molecule has 0 aromatic rings. The Balaban J connectivity index is 1.72. The maximum absolute atomic E-state index is 13.0. The molecule has 0 aliphatic carbocycles. The van der Waals surface area contributed by atoms with Gasteiger partial charge in [-0.1, -0.05) is 137 Å². The molecule has 0 bridgehead atoms. The Morgan fingerprint density at radius 1 is 0.578 bits per heavy atom. The van der Waals surface area contributed by atoms with Gasteiger partial charge in [0.15, 0.2) is 12.6 Å². The molecule has 2 aliphatic rings. The van der Waals surface area contributed by atoms with Crippen molar-refractivity contribution in [1.82, 2.24) is 5.32 Å². The van der Waals surface area contributed by atoms with Crippen molar-refractivity contribution in [3.63, 3.8) is 0 Å². The van der Waals surface area contributed by atoms with Gasteiger partial charge in [-0.05, 0) is 70.6 Å². The van der Waals surface area contributed by atoms with E-state index >= 15 is 0 Å². The molecule has 0 saturated carbocycles. The van der Waals surface area contributed by atoms with Crippen molar-refractivity contribution in [2.45, 2.75) is 203 Å². The monoisotopic (exact) mass is 906 g/mol. The van der Waals surface area contributed by atoms with Crippen molar-refractivity contribution >= 4 is 5.91 Å². The number of unbranched alkanes of at least 4 members (excludes halogenated alkanes) is 9. The number of rotatable bonds is 34. The molecular formula is C50H83NO13. The minimum absolute atomic E-state index is 0.257. The Labute approximate surface area is 382 Å². The molecule has 2 heterocycles. The number of amides is 1. The van der Waals surface area contributed by atoms with E-state index in [9.17, 15) is 45.6 Å². The minimum atomic E-state index is -1.79. The average molecular weight is 906 g/mol. The maximum atomic E-state index is 13.0. The third-order valence-corrected chi connectivity index (χ3v) is 11.1. The lowest BCUT2D eigenvalue weighted by Crippen LogP contribution is -2.65. The highest BCUT2D eigenvalue weighted by molar-refractivity contribution is 5.76. The Kier molecular flexibility index (Phi) is 32.5. The third kappa shape index (κ3) is 23.6. The van der Waals surface area contributed by atoms with Crippen molar-refractivity contribution in [2.75, 3.05) is 19.8 Å². The first-order chi connectivity index (χ1) is 31.1. The van der Waals surface area contributed by atoms with Gasteiger partial charge in [-0.2, -0.15) is 0 Å². The van der Waals surface area contributed by atoms with Crippen LogP contribution in [0.4, 0.5) is 0 Å². The molecule has 12 atom stereocenters. The number of ether oxygens (including phenoxy) is 4. The SMILES string of the molecule is CC/C=C\C/C=C\C/C=C\C/C=C\C/C=C\C/C=C\CCCCCCCCC(=O)NC(COC1OC(CO)C(OC2OC(CO)C(O)C(O)C2O)C(O)C1O)C(O)/C=C/CCCCC. The second-order valence-corrected chi connectivity index (χ2v) is 16.5. The highest BCUT2D eigenvalue weighted by Crippen LogP contribution is 2.30. The van der Waals surface area contributed by atoms with Crippen LogP contribution in [0.2, 0.25) is 0 Å². The van der Waals surface area contributed by atoms with Crippen molar-refractivity contribution in [2.24, 2.45) is 0 Å². The van der Waals surface area contributed by atoms with Gasteiger partial charge in [-0.15, -0.1) is 0 Å². The molecule has 2 rings (SSSR count). The number of aliphatic hydroxyl groups is 8. The van der Waals surface area contributed by atoms with Gasteiger partial charge < -0.3 is 65.1 Å². The molecule has 1 amide bonds. The fourth-order valence-electron chi connectivity index (χ4n) is 7.17. The summed E-state index contributed by atoms with van der Waals surface area (Å²) >= 11 is 0. The predicted molar refractivity (Wildman–Crippen MR) is 249 cm³/mol. The fraction of sp³-hybridized carbons (Fsp3) is 0.700. The summed E-state index contributed by atoms with van der Waals surface area (Å²) in [4.78, 5) is 13.0. The van der Waals surface area contributed by atoms with Crippen LogP contribution in [0.1, 0.15) is 129 Å². The number of nitrogens with one attached hydrogen (secondary N) is 1. The Hall–Kier alpha value is -2.83. The number of allylic oxidation sites excluding steroid dienone is 13. The molecule has 0 spiro atoms. The second kappa shape index (κ2) is 36.3. The molecule has 64 heavy (non-hydrogen) atoms. The maximum Gasteiger partial charge on any atom is 0.220 e. The zero-order chi connectivity index (χ0) is 46.8. The summed E-state index contributed by atoms with van der Waals surface area (Å²) in [5.41, 5.74) is 0. The zero-order valence-corrected chi connectivity index (χ0v) is 38.5. The lowest BCUT2D eigenvalue weighted by Gasteiger charge is -2.46. The Bertz CT molecular complexity index is 1400. The van der Waals surface area contributed by atoms with E-state index in [0.717, 1.165) is 103 Å². The van der Waals surface area contributed by atoms with Gasteiger partial charge in [0, 0.05) is 6.42 Å². The van der Waals surface area contributed by atoms with Gasteiger partial charge in [0.2, 0.25) is 5.91 Å². The van der Waals surface area contributed by atoms with Gasteiger partial charge in [0.05, 0.1) is 32.0 Å². The molecule has 14 nitrogen and oxygen atoms in total. The van der Waals surface area contributed by atoms with Crippen LogP contribution >= 0.6 is 0 Å². The molecule has 0 radical (unpaired) electrons. The first kappa shape index (κ1) is 57.3. The van der Waals surface area contributed by atoms with Crippen molar-refractivity contribution in [1.29, 1.82) is 0 Å². The fourth-order valence-corrected chi connectivity index (χ4v) is 7.17. The molecule has 2 aliphatic heterocycles. The summed E-state index contributed by atoms with van der Waals surface area (Å²) in [6.07, 6.45) is 29.7. The summed E-state index contributed by atoms with van der Waals surface area (Å²) in [5, 5.41) is 86.1. The van der Waals surface area contributed by atoms with Crippen molar-refractivity contribution in [3.05, 3.63) is 85.1 Å². The molecule has 2 saturated heterocycles. The Morgan fingerprint density at radius 2 is 1.08 bits per heavy atom. The topological polar surface area (TPSA) is 228 Å². The van der Waals surface area contributed by atoms with Crippen LogP contribution in [-0.4, -0.2) is 140 Å². The van der Waals surface area contributed by atoms with E-state index in [1.807, 2.05) is 6.08 Å². The molecule has 2 fully saturated rings. The first-order valence-electron chi connectivity index (χ1n) is 23.8. The minimum Gasteiger partial charge on any atom is -0.394 e. The normalized spacial score (nSPS) is 28.0. The van der Waals surface area contributed by atoms with E-state index < -0.39 is 86.8 Å². The van der Waals surface area contributed by atoms with E-state index in [1.165, 1.54) is 0 Å². The highest BCUT2D eigenvalue weighted by atomic mass is 16.7. The van der Waals surface area contributed by atoms with Crippen LogP contribution in [0.15, 0.2) is 85.1 Å². The average Bonchev–Trinajstić information content (AvgIpc) is 3.29. The molecule has 12 unspecified atom stereocenters. The number of hydrogen-bond donors (Lipinski definition) is 9. The summed E-state index contributed by atoms with van der Waals surface area (Å²) in [6.45, 7) is 2.50. The van der Waals surface area contributed by atoms with Gasteiger partial charge in [0.1, 0.15) is 48.8 Å². The Morgan fingerprint density at radius 3 is 1.66 bits per heavy atom. The molecular weight excluding hydrogens is 823 g/mol. The quantitative estimate of drug-likeness (QED) is 0.0291. The van der Waals surface area contributed by atoms with Crippen LogP contribution in [0.5, 0.6) is 0 Å². The van der Waals surface area contributed by atoms with Crippen LogP contribution < -0.4 is 5.32 Å². The van der Waals surface area contributed by atoms with Gasteiger partial charge in [-0.25, -0.2) is 0 Å². The van der Waals surface area contributed by atoms with Crippen LogP contribution in [0, 0.1) is 0 Å². The van der Waals surface area contributed by atoms with Crippen LogP contribution in [0.3, 0.4) is 0 Å². The van der Waals surface area contributed by atoms with E-state index in [4.69, 9.17) is 18.9 Å². The predicted octanol–water partition coefficient (Wildman–Crippen LogP) is 5.43. The summed E-state index contributed by atoms with van der Waals surface area (Å²) < 4.78 is 22.5. The molecule has 9 N–H and O–H groups in total. The van der Waals surface area contributed by atoms with E-state index in [0.29, 0.717) is 6.42 Å². The number of carbonyl (C=O) groups excluding carboxylic acids is 1. The summed E-state index contributed by atoms with van der Waals surface area (Å²) in [7, 11) is 0. The van der Waals surface area contributed by atoms with E-state index in [2.05, 4.69) is 92.1 Å².